The first-order chi connectivity index (χ1) is 16.8. The standard InChI is InChI=1S/C26H28FIN4O3/c1-3-17(12-24(33)34)18-5-10-23(22(11-18)31-21-13-29-25(30-14-21)35-4-2)32-15-26(27,16-32)19-6-8-20(28)9-7-19/h5-11,13-14,17,31H,3-4,12,15-16H2,1-2H3,(H,33,34). The lowest BCUT2D eigenvalue weighted by Gasteiger charge is -2.47. The van der Waals surface area contributed by atoms with E-state index in [1.165, 1.54) is 0 Å². The van der Waals surface area contributed by atoms with Crippen molar-refractivity contribution in [3.63, 3.8) is 0 Å². The third-order valence-corrected chi connectivity index (χ3v) is 6.89. The second-order valence-electron chi connectivity index (χ2n) is 8.62. The van der Waals surface area contributed by atoms with E-state index in [4.69, 9.17) is 4.74 Å². The monoisotopic (exact) mass is 590 g/mol. The third-order valence-electron chi connectivity index (χ3n) is 6.17. The quantitative estimate of drug-likeness (QED) is 0.286. The molecule has 1 saturated heterocycles. The largest absolute Gasteiger partial charge is 0.481 e. The summed E-state index contributed by atoms with van der Waals surface area (Å²) in [6.07, 6.45) is 4.00. The molecular formula is C26H28FIN4O3. The average molecular weight is 590 g/mol. The summed E-state index contributed by atoms with van der Waals surface area (Å²) in [6.45, 7) is 4.77. The number of nitrogens with one attached hydrogen (secondary N) is 1. The van der Waals surface area contributed by atoms with Crippen molar-refractivity contribution in [2.24, 2.45) is 0 Å². The Labute approximate surface area is 217 Å². The number of rotatable bonds is 10. The zero-order chi connectivity index (χ0) is 25.0. The van der Waals surface area contributed by atoms with Crippen LogP contribution in [0.4, 0.5) is 21.5 Å². The van der Waals surface area contributed by atoms with Crippen LogP contribution in [0.1, 0.15) is 43.7 Å². The van der Waals surface area contributed by atoms with E-state index in [9.17, 15) is 9.90 Å². The first-order valence-electron chi connectivity index (χ1n) is 11.6. The number of halogens is 2. The third kappa shape index (κ3) is 5.83. The molecule has 35 heavy (non-hydrogen) atoms. The van der Waals surface area contributed by atoms with Gasteiger partial charge >= 0.3 is 12.0 Å². The Morgan fingerprint density at radius 2 is 1.89 bits per heavy atom. The maximum absolute atomic E-state index is 15.6. The van der Waals surface area contributed by atoms with Crippen molar-refractivity contribution in [1.29, 1.82) is 0 Å². The van der Waals surface area contributed by atoms with Gasteiger partial charge < -0.3 is 20.1 Å². The maximum Gasteiger partial charge on any atom is 0.316 e. The molecule has 0 saturated carbocycles. The lowest BCUT2D eigenvalue weighted by Crippen LogP contribution is -2.57. The van der Waals surface area contributed by atoms with Crippen LogP contribution in [0.2, 0.25) is 0 Å². The molecule has 7 nitrogen and oxygen atoms in total. The SMILES string of the molecule is CCOc1ncc(Nc2cc(C(CC)CC(=O)O)ccc2N2CC(F)(c3ccc(I)cc3)C2)cn1. The molecule has 1 aliphatic heterocycles. The molecule has 2 heterocycles. The zero-order valence-corrected chi connectivity index (χ0v) is 21.8. The predicted octanol–water partition coefficient (Wildman–Crippen LogP) is 5.88. The number of anilines is 3. The molecule has 0 spiro atoms. The van der Waals surface area contributed by atoms with Crippen LogP contribution >= 0.6 is 22.6 Å². The van der Waals surface area contributed by atoms with Crippen LogP contribution in [0.5, 0.6) is 6.01 Å². The molecule has 0 amide bonds. The smallest absolute Gasteiger partial charge is 0.316 e. The van der Waals surface area contributed by atoms with Crippen LogP contribution in [0.15, 0.2) is 54.9 Å². The summed E-state index contributed by atoms with van der Waals surface area (Å²) >= 11 is 2.21. The molecule has 4 rings (SSSR count). The summed E-state index contributed by atoms with van der Waals surface area (Å²) < 4.78 is 22.0. The normalized spacial score (nSPS) is 15.3. The van der Waals surface area contributed by atoms with Gasteiger partial charge in [0.2, 0.25) is 0 Å². The highest BCUT2D eigenvalue weighted by Gasteiger charge is 2.45. The van der Waals surface area contributed by atoms with Crippen molar-refractivity contribution in [3.8, 4) is 6.01 Å². The van der Waals surface area contributed by atoms with E-state index < -0.39 is 11.6 Å². The molecule has 0 radical (unpaired) electrons. The van der Waals surface area contributed by atoms with E-state index in [-0.39, 0.29) is 25.4 Å². The van der Waals surface area contributed by atoms with Crippen molar-refractivity contribution in [2.45, 2.75) is 38.3 Å². The molecule has 1 aliphatic rings. The highest BCUT2D eigenvalue weighted by atomic mass is 127. The molecule has 1 atom stereocenters. The number of carboxylic acid groups (broad SMARTS) is 1. The fourth-order valence-corrected chi connectivity index (χ4v) is 4.65. The van der Waals surface area contributed by atoms with E-state index in [2.05, 4.69) is 37.9 Å². The topological polar surface area (TPSA) is 87.6 Å². The Morgan fingerprint density at radius 1 is 1.20 bits per heavy atom. The fourth-order valence-electron chi connectivity index (χ4n) is 4.29. The van der Waals surface area contributed by atoms with Crippen LogP contribution in [0, 0.1) is 3.57 Å². The number of hydrogen-bond acceptors (Lipinski definition) is 6. The Bertz CT molecular complexity index is 1170. The molecule has 0 aliphatic carbocycles. The van der Waals surface area contributed by atoms with E-state index >= 15 is 4.39 Å². The summed E-state index contributed by atoms with van der Waals surface area (Å²) in [6, 6.07) is 13.6. The molecule has 9 heteroatoms. The first kappa shape index (κ1) is 25.2. The van der Waals surface area contributed by atoms with Crippen molar-refractivity contribution in [1.82, 2.24) is 9.97 Å². The summed E-state index contributed by atoms with van der Waals surface area (Å²) in [4.78, 5) is 21.8. The fraction of sp³-hybridized carbons (Fsp3) is 0.346. The van der Waals surface area contributed by atoms with Gasteiger partial charge in [-0.05, 0) is 77.2 Å². The number of benzene rings is 2. The predicted molar refractivity (Wildman–Crippen MR) is 142 cm³/mol. The number of aliphatic carboxylic acids is 1. The molecular weight excluding hydrogens is 562 g/mol. The Hall–Kier alpha value is -2.95. The second-order valence-corrected chi connectivity index (χ2v) is 9.87. The van der Waals surface area contributed by atoms with Crippen LogP contribution < -0.4 is 15.0 Å². The average Bonchev–Trinajstić information content (AvgIpc) is 2.82. The van der Waals surface area contributed by atoms with Gasteiger partial charge in [-0.2, -0.15) is 0 Å². The van der Waals surface area contributed by atoms with E-state index in [0.29, 0.717) is 30.3 Å². The van der Waals surface area contributed by atoms with Gasteiger partial charge in [-0.1, -0.05) is 25.1 Å². The van der Waals surface area contributed by atoms with Crippen LogP contribution in [-0.4, -0.2) is 40.7 Å². The van der Waals surface area contributed by atoms with E-state index in [1.54, 1.807) is 12.4 Å². The minimum Gasteiger partial charge on any atom is -0.481 e. The van der Waals surface area contributed by atoms with Gasteiger partial charge in [-0.25, -0.2) is 14.4 Å². The number of carbonyl (C=O) groups is 1. The summed E-state index contributed by atoms with van der Waals surface area (Å²) in [7, 11) is 0. The lowest BCUT2D eigenvalue weighted by molar-refractivity contribution is -0.137. The highest BCUT2D eigenvalue weighted by molar-refractivity contribution is 14.1. The van der Waals surface area contributed by atoms with Gasteiger partial charge in [0.05, 0.1) is 55.6 Å². The van der Waals surface area contributed by atoms with Gasteiger partial charge in [-0.15, -0.1) is 0 Å². The van der Waals surface area contributed by atoms with E-state index in [0.717, 1.165) is 20.5 Å². The molecule has 1 unspecified atom stereocenters. The molecule has 2 N–H and O–H groups in total. The second kappa shape index (κ2) is 10.8. The van der Waals surface area contributed by atoms with Crippen LogP contribution in [0.25, 0.3) is 0 Å². The highest BCUT2D eigenvalue weighted by Crippen LogP contribution is 2.43. The van der Waals surface area contributed by atoms with Gasteiger partial charge in [0.15, 0.2) is 5.67 Å². The van der Waals surface area contributed by atoms with Crippen LogP contribution in [0.3, 0.4) is 0 Å². The molecule has 0 bridgehead atoms. The first-order valence-corrected chi connectivity index (χ1v) is 12.7. The number of hydrogen-bond donors (Lipinski definition) is 2. The zero-order valence-electron chi connectivity index (χ0n) is 19.7. The molecule has 3 aromatic rings. The van der Waals surface area contributed by atoms with E-state index in [1.807, 2.05) is 61.2 Å². The summed E-state index contributed by atoms with van der Waals surface area (Å²) in [5.41, 5.74) is 2.42. The Balaban J connectivity index is 1.61. The molecule has 1 aromatic heterocycles. The number of carboxylic acids is 1. The van der Waals surface area contributed by atoms with Crippen LogP contribution in [-0.2, 0) is 10.5 Å². The van der Waals surface area contributed by atoms with Gasteiger partial charge in [0.1, 0.15) is 0 Å². The Morgan fingerprint density at radius 3 is 2.49 bits per heavy atom. The number of aromatic nitrogens is 2. The van der Waals surface area contributed by atoms with Crippen molar-refractivity contribution >= 4 is 45.6 Å². The number of ether oxygens (including phenoxy) is 1. The molecule has 2 aromatic carbocycles. The van der Waals surface area contributed by atoms with Crippen molar-refractivity contribution < 1.29 is 19.0 Å². The van der Waals surface area contributed by atoms with Gasteiger partial charge in [0, 0.05) is 3.57 Å². The molecule has 184 valence electrons. The molecule has 1 fully saturated rings. The number of alkyl halides is 1. The Kier molecular flexibility index (Phi) is 7.73. The minimum absolute atomic E-state index is 0.0472. The van der Waals surface area contributed by atoms with Gasteiger partial charge in [0.25, 0.3) is 0 Å². The number of nitrogens with zero attached hydrogens (tertiary/aromatic N) is 3. The van der Waals surface area contributed by atoms with Crippen molar-refractivity contribution in [2.75, 3.05) is 29.9 Å². The lowest BCUT2D eigenvalue weighted by atomic mass is 9.86. The maximum atomic E-state index is 15.6. The van der Waals surface area contributed by atoms with Gasteiger partial charge in [-0.3, -0.25) is 4.79 Å². The minimum atomic E-state index is -1.42. The van der Waals surface area contributed by atoms with Crippen molar-refractivity contribution in [3.05, 3.63) is 69.6 Å². The summed E-state index contributed by atoms with van der Waals surface area (Å²) in [5, 5.41) is 12.7. The summed E-state index contributed by atoms with van der Waals surface area (Å²) in [5.74, 6) is -0.958.